The lowest BCUT2D eigenvalue weighted by molar-refractivity contribution is 0.151. The fraction of sp³-hybridized carbons (Fsp3) is 1.00. The molecule has 96 valence electrons. The van der Waals surface area contributed by atoms with Crippen LogP contribution in [0.1, 0.15) is 80.1 Å². The van der Waals surface area contributed by atoms with E-state index in [2.05, 4.69) is 41.5 Å². The summed E-state index contributed by atoms with van der Waals surface area (Å²) in [7, 11) is 0. The maximum absolute atomic E-state index is 2.47. The predicted octanol–water partition coefficient (Wildman–Crippen LogP) is 5.67. The highest BCUT2D eigenvalue weighted by Crippen LogP contribution is 2.41. The van der Waals surface area contributed by atoms with Crippen molar-refractivity contribution in [1.82, 2.24) is 0 Å². The summed E-state index contributed by atoms with van der Waals surface area (Å²) in [6.45, 7) is 14.8. The molecule has 0 nitrogen and oxygen atoms in total. The normalized spacial score (nSPS) is 35.6. The molecule has 2 atom stereocenters. The van der Waals surface area contributed by atoms with Gasteiger partial charge in [0.15, 0.2) is 0 Å². The standard InChI is InChI=1S/C16H32/c1-13-8-7-9-15(3,4)10-11-16(5,6)12-14(13)2/h13-14H,7-12H2,1-6H3. The first-order chi connectivity index (χ1) is 7.22. The molecule has 0 aromatic rings. The molecule has 0 bridgehead atoms. The number of hydrogen-bond donors (Lipinski definition) is 0. The average Bonchev–Trinajstić information content (AvgIpc) is 2.13. The minimum atomic E-state index is 0.544. The minimum absolute atomic E-state index is 0.544. The molecule has 0 heterocycles. The van der Waals surface area contributed by atoms with Crippen LogP contribution in [0.4, 0.5) is 0 Å². The van der Waals surface area contributed by atoms with E-state index in [9.17, 15) is 0 Å². The number of rotatable bonds is 0. The van der Waals surface area contributed by atoms with Crippen molar-refractivity contribution in [3.63, 3.8) is 0 Å². The maximum Gasteiger partial charge on any atom is -0.0351 e. The van der Waals surface area contributed by atoms with E-state index in [1.807, 2.05) is 0 Å². The van der Waals surface area contributed by atoms with Crippen LogP contribution >= 0.6 is 0 Å². The molecule has 16 heavy (non-hydrogen) atoms. The van der Waals surface area contributed by atoms with Crippen LogP contribution in [-0.4, -0.2) is 0 Å². The Bertz CT molecular complexity index is 212. The van der Waals surface area contributed by atoms with Gasteiger partial charge in [0.05, 0.1) is 0 Å². The molecule has 0 heteroatoms. The van der Waals surface area contributed by atoms with E-state index in [1.54, 1.807) is 0 Å². The Balaban J connectivity index is 2.68. The average molecular weight is 224 g/mol. The van der Waals surface area contributed by atoms with Crippen molar-refractivity contribution in [2.75, 3.05) is 0 Å². The lowest BCUT2D eigenvalue weighted by Gasteiger charge is -2.36. The smallest absolute Gasteiger partial charge is 0.0351 e. The fourth-order valence-corrected chi connectivity index (χ4v) is 3.16. The third-order valence-corrected chi connectivity index (χ3v) is 4.84. The second kappa shape index (κ2) is 5.10. The highest BCUT2D eigenvalue weighted by molar-refractivity contribution is 4.80. The summed E-state index contributed by atoms with van der Waals surface area (Å²) in [5.74, 6) is 1.81. The van der Waals surface area contributed by atoms with Crippen LogP contribution in [-0.2, 0) is 0 Å². The monoisotopic (exact) mass is 224 g/mol. The van der Waals surface area contributed by atoms with Crippen molar-refractivity contribution in [3.8, 4) is 0 Å². The summed E-state index contributed by atoms with van der Waals surface area (Å²) in [6, 6.07) is 0. The molecule has 0 N–H and O–H groups in total. The van der Waals surface area contributed by atoms with Crippen molar-refractivity contribution in [3.05, 3.63) is 0 Å². The molecule has 2 unspecified atom stereocenters. The van der Waals surface area contributed by atoms with Gasteiger partial charge in [0.1, 0.15) is 0 Å². The van der Waals surface area contributed by atoms with Gasteiger partial charge in [-0.1, -0.05) is 54.4 Å². The SMILES string of the molecule is CC1CCCC(C)(C)CCC(C)(C)CC1C. The molecule has 1 fully saturated rings. The zero-order valence-corrected chi connectivity index (χ0v) is 12.4. The van der Waals surface area contributed by atoms with Gasteiger partial charge in [0.2, 0.25) is 0 Å². The van der Waals surface area contributed by atoms with Crippen molar-refractivity contribution >= 4 is 0 Å². The predicted molar refractivity (Wildman–Crippen MR) is 73.6 cm³/mol. The van der Waals surface area contributed by atoms with Gasteiger partial charge in [-0.25, -0.2) is 0 Å². The van der Waals surface area contributed by atoms with E-state index in [0.29, 0.717) is 10.8 Å². The molecule has 1 saturated carbocycles. The Morgan fingerprint density at radius 3 is 1.94 bits per heavy atom. The molecule has 1 aliphatic carbocycles. The Hall–Kier alpha value is 0. The lowest BCUT2D eigenvalue weighted by Crippen LogP contribution is -2.24. The first-order valence-electron chi connectivity index (χ1n) is 7.22. The summed E-state index contributed by atoms with van der Waals surface area (Å²) in [6.07, 6.45) is 8.49. The van der Waals surface area contributed by atoms with Gasteiger partial charge in [-0.15, -0.1) is 0 Å². The largest absolute Gasteiger partial charge is 0.0623 e. The van der Waals surface area contributed by atoms with E-state index < -0.39 is 0 Å². The molecule has 0 aliphatic heterocycles. The molecule has 0 radical (unpaired) electrons. The third kappa shape index (κ3) is 4.47. The summed E-state index contributed by atoms with van der Waals surface area (Å²) >= 11 is 0. The van der Waals surface area contributed by atoms with Crippen LogP contribution in [0.25, 0.3) is 0 Å². The van der Waals surface area contributed by atoms with Crippen LogP contribution in [0.3, 0.4) is 0 Å². The number of hydrogen-bond acceptors (Lipinski definition) is 0. The molecule has 0 aromatic heterocycles. The zero-order valence-electron chi connectivity index (χ0n) is 12.4. The highest BCUT2D eigenvalue weighted by atomic mass is 14.3. The van der Waals surface area contributed by atoms with Crippen LogP contribution in [0.5, 0.6) is 0 Å². The first kappa shape index (κ1) is 14.1. The summed E-state index contributed by atoms with van der Waals surface area (Å²) in [5, 5.41) is 0. The van der Waals surface area contributed by atoms with Crippen LogP contribution in [0.2, 0.25) is 0 Å². The van der Waals surface area contributed by atoms with Crippen molar-refractivity contribution in [2.45, 2.75) is 80.1 Å². The molecule has 0 aromatic carbocycles. The van der Waals surface area contributed by atoms with Crippen LogP contribution in [0, 0.1) is 22.7 Å². The van der Waals surface area contributed by atoms with Crippen molar-refractivity contribution in [2.24, 2.45) is 22.7 Å². The summed E-state index contributed by atoms with van der Waals surface area (Å²) < 4.78 is 0. The highest BCUT2D eigenvalue weighted by Gasteiger charge is 2.29. The van der Waals surface area contributed by atoms with Gasteiger partial charge in [-0.3, -0.25) is 0 Å². The third-order valence-electron chi connectivity index (χ3n) is 4.84. The van der Waals surface area contributed by atoms with Gasteiger partial charge in [0, 0.05) is 0 Å². The molecule has 0 amide bonds. The van der Waals surface area contributed by atoms with E-state index in [0.717, 1.165) is 11.8 Å². The maximum atomic E-state index is 2.47. The van der Waals surface area contributed by atoms with Gasteiger partial charge in [-0.05, 0) is 48.3 Å². The van der Waals surface area contributed by atoms with E-state index in [-0.39, 0.29) is 0 Å². The summed E-state index contributed by atoms with van der Waals surface area (Å²) in [5.41, 5.74) is 1.11. The fourth-order valence-electron chi connectivity index (χ4n) is 3.16. The Labute approximate surface area is 103 Å². The van der Waals surface area contributed by atoms with Crippen LogP contribution < -0.4 is 0 Å². The van der Waals surface area contributed by atoms with E-state index in [4.69, 9.17) is 0 Å². The second-order valence-electron chi connectivity index (χ2n) is 7.88. The quantitative estimate of drug-likeness (QED) is 0.497. The molecular weight excluding hydrogens is 192 g/mol. The zero-order chi connectivity index (χ0) is 12.4. The topological polar surface area (TPSA) is 0 Å². The molecule has 1 aliphatic rings. The van der Waals surface area contributed by atoms with Gasteiger partial charge < -0.3 is 0 Å². The molecule has 1 rings (SSSR count). The molecular formula is C16H32. The van der Waals surface area contributed by atoms with Crippen LogP contribution in [0.15, 0.2) is 0 Å². The minimum Gasteiger partial charge on any atom is -0.0623 e. The van der Waals surface area contributed by atoms with Crippen molar-refractivity contribution < 1.29 is 0 Å². The Morgan fingerprint density at radius 2 is 1.31 bits per heavy atom. The Morgan fingerprint density at radius 1 is 0.750 bits per heavy atom. The van der Waals surface area contributed by atoms with Crippen molar-refractivity contribution in [1.29, 1.82) is 0 Å². The van der Waals surface area contributed by atoms with E-state index in [1.165, 1.54) is 38.5 Å². The first-order valence-corrected chi connectivity index (χ1v) is 7.22. The second-order valence-corrected chi connectivity index (χ2v) is 7.88. The molecule has 0 spiro atoms. The Kier molecular flexibility index (Phi) is 4.49. The van der Waals surface area contributed by atoms with Gasteiger partial charge in [0.25, 0.3) is 0 Å². The lowest BCUT2D eigenvalue weighted by atomic mass is 9.69. The van der Waals surface area contributed by atoms with Gasteiger partial charge >= 0.3 is 0 Å². The summed E-state index contributed by atoms with van der Waals surface area (Å²) in [4.78, 5) is 0. The van der Waals surface area contributed by atoms with E-state index >= 15 is 0 Å². The van der Waals surface area contributed by atoms with Gasteiger partial charge in [-0.2, -0.15) is 0 Å². The molecule has 0 saturated heterocycles.